The number of rotatable bonds is 8. The Balaban J connectivity index is 2.16. The van der Waals surface area contributed by atoms with Gasteiger partial charge in [0.15, 0.2) is 11.5 Å². The first-order valence-electron chi connectivity index (χ1n) is 9.09. The van der Waals surface area contributed by atoms with Gasteiger partial charge in [-0.1, -0.05) is 32.4 Å². The third kappa shape index (κ3) is 4.59. The van der Waals surface area contributed by atoms with Crippen LogP contribution in [0.4, 0.5) is 0 Å². The molecule has 1 fully saturated rings. The summed E-state index contributed by atoms with van der Waals surface area (Å²) in [5.74, 6) is 1.01. The Morgan fingerprint density at radius 3 is 2.64 bits per heavy atom. The van der Waals surface area contributed by atoms with E-state index in [2.05, 4.69) is 18.7 Å². The van der Waals surface area contributed by atoms with Crippen LogP contribution in [0.25, 0.3) is 0 Å². The van der Waals surface area contributed by atoms with Crippen molar-refractivity contribution in [2.75, 3.05) is 39.9 Å². The van der Waals surface area contributed by atoms with Crippen molar-refractivity contribution in [3.8, 4) is 11.5 Å². The predicted molar refractivity (Wildman–Crippen MR) is 101 cm³/mol. The molecule has 0 aromatic heterocycles. The lowest BCUT2D eigenvalue weighted by Gasteiger charge is -2.26. The normalized spacial score (nSPS) is 17.2. The van der Waals surface area contributed by atoms with E-state index in [-0.39, 0.29) is 5.91 Å². The number of carbonyl (C=O) groups excluding carboxylic acids is 1. The van der Waals surface area contributed by atoms with Gasteiger partial charge in [-0.25, -0.2) is 0 Å². The van der Waals surface area contributed by atoms with Gasteiger partial charge in [-0.2, -0.15) is 0 Å². The van der Waals surface area contributed by atoms with Gasteiger partial charge in [0, 0.05) is 24.7 Å². The van der Waals surface area contributed by atoms with Crippen LogP contribution in [0.15, 0.2) is 12.1 Å². The molecule has 1 aliphatic rings. The number of halogens is 1. The van der Waals surface area contributed by atoms with Crippen LogP contribution in [0.5, 0.6) is 11.5 Å². The van der Waals surface area contributed by atoms with Gasteiger partial charge in [-0.15, -0.1) is 0 Å². The van der Waals surface area contributed by atoms with Gasteiger partial charge in [0.2, 0.25) is 0 Å². The van der Waals surface area contributed by atoms with Gasteiger partial charge in [-0.3, -0.25) is 9.69 Å². The summed E-state index contributed by atoms with van der Waals surface area (Å²) in [7, 11) is 1.56. The van der Waals surface area contributed by atoms with Gasteiger partial charge < -0.3 is 14.4 Å². The highest BCUT2D eigenvalue weighted by molar-refractivity contribution is 6.32. The molecule has 1 atom stereocenters. The van der Waals surface area contributed by atoms with E-state index in [1.165, 1.54) is 0 Å². The molecule has 0 unspecified atom stereocenters. The van der Waals surface area contributed by atoms with Gasteiger partial charge in [0.25, 0.3) is 5.91 Å². The van der Waals surface area contributed by atoms with E-state index < -0.39 is 0 Å². The second-order valence-electron chi connectivity index (χ2n) is 6.25. The number of nitrogens with zero attached hydrogens (tertiary/aromatic N) is 2. The minimum Gasteiger partial charge on any atom is -0.493 e. The van der Waals surface area contributed by atoms with Crippen LogP contribution in [0.1, 0.15) is 44.0 Å². The standard InChI is InChI=1S/C19H29ClN2O3/c1-5-10-25-18-16(20)11-14(12-17(18)24-4)19(23)22-9-8-15(13-22)21(6-2)7-3/h11-12,15H,5-10,13H2,1-4H3/t15-/m1/s1. The summed E-state index contributed by atoms with van der Waals surface area (Å²) in [5.41, 5.74) is 0.547. The van der Waals surface area contributed by atoms with Crippen LogP contribution in [0.3, 0.4) is 0 Å². The zero-order valence-electron chi connectivity index (χ0n) is 15.7. The first-order chi connectivity index (χ1) is 12.0. The molecule has 1 aliphatic heterocycles. The van der Waals surface area contributed by atoms with Gasteiger partial charge in [-0.05, 0) is 38.1 Å². The van der Waals surface area contributed by atoms with E-state index in [1.807, 2.05) is 11.8 Å². The molecule has 25 heavy (non-hydrogen) atoms. The number of likely N-dealkylation sites (tertiary alicyclic amines) is 1. The molecule has 0 radical (unpaired) electrons. The molecule has 2 rings (SSSR count). The smallest absolute Gasteiger partial charge is 0.254 e. The molecule has 0 aliphatic carbocycles. The number of likely N-dealkylation sites (N-methyl/N-ethyl adjacent to an activating group) is 1. The van der Waals surface area contributed by atoms with Crippen LogP contribution in [0.2, 0.25) is 5.02 Å². The van der Waals surface area contributed by atoms with Crippen LogP contribution in [0, 0.1) is 0 Å². The first-order valence-corrected chi connectivity index (χ1v) is 9.47. The van der Waals surface area contributed by atoms with E-state index in [0.717, 1.165) is 39.0 Å². The molecule has 1 amide bonds. The average molecular weight is 369 g/mol. The largest absolute Gasteiger partial charge is 0.493 e. The maximum atomic E-state index is 12.9. The zero-order chi connectivity index (χ0) is 18.4. The van der Waals surface area contributed by atoms with E-state index in [4.69, 9.17) is 21.1 Å². The molecule has 140 valence electrons. The van der Waals surface area contributed by atoms with Crippen molar-refractivity contribution in [2.24, 2.45) is 0 Å². The minimum absolute atomic E-state index is 0.00287. The summed E-state index contributed by atoms with van der Waals surface area (Å²) in [5, 5.41) is 0.413. The Labute approximate surface area is 155 Å². The Morgan fingerprint density at radius 2 is 2.04 bits per heavy atom. The number of carbonyl (C=O) groups is 1. The molecule has 1 saturated heterocycles. The highest BCUT2D eigenvalue weighted by atomic mass is 35.5. The number of amides is 1. The Hall–Kier alpha value is -1.46. The van der Waals surface area contributed by atoms with Crippen LogP contribution >= 0.6 is 11.6 Å². The summed E-state index contributed by atoms with van der Waals surface area (Å²) in [4.78, 5) is 17.2. The first kappa shape index (κ1) is 19.9. The lowest BCUT2D eigenvalue weighted by Crippen LogP contribution is -2.38. The number of benzene rings is 1. The average Bonchev–Trinajstić information content (AvgIpc) is 3.10. The van der Waals surface area contributed by atoms with Crippen molar-refractivity contribution in [3.05, 3.63) is 22.7 Å². The topological polar surface area (TPSA) is 42.0 Å². The number of ether oxygens (including phenoxy) is 2. The monoisotopic (exact) mass is 368 g/mol. The van der Waals surface area contributed by atoms with Gasteiger partial charge >= 0.3 is 0 Å². The lowest BCUT2D eigenvalue weighted by molar-refractivity contribution is 0.0777. The van der Waals surface area contributed by atoms with E-state index in [1.54, 1.807) is 19.2 Å². The number of hydrogen-bond donors (Lipinski definition) is 0. The predicted octanol–water partition coefficient (Wildman–Crippen LogP) is 3.69. The Bertz CT molecular complexity index is 590. The third-order valence-corrected chi connectivity index (χ3v) is 4.99. The Kier molecular flexibility index (Phi) is 7.38. The van der Waals surface area contributed by atoms with E-state index in [0.29, 0.717) is 34.7 Å². The summed E-state index contributed by atoms with van der Waals surface area (Å²) in [6.07, 6.45) is 1.89. The summed E-state index contributed by atoms with van der Waals surface area (Å²) < 4.78 is 11.0. The van der Waals surface area contributed by atoms with Crippen molar-refractivity contribution < 1.29 is 14.3 Å². The van der Waals surface area contributed by atoms with Crippen LogP contribution in [-0.2, 0) is 0 Å². The molecular formula is C19H29ClN2O3. The maximum Gasteiger partial charge on any atom is 0.254 e. The van der Waals surface area contributed by atoms with Gasteiger partial charge in [0.1, 0.15) is 0 Å². The SMILES string of the molecule is CCCOc1c(Cl)cc(C(=O)N2CC[C@@H](N(CC)CC)C2)cc1OC. The van der Waals surface area contributed by atoms with Crippen LogP contribution < -0.4 is 9.47 Å². The lowest BCUT2D eigenvalue weighted by atomic mass is 10.1. The van der Waals surface area contributed by atoms with E-state index in [9.17, 15) is 4.79 Å². The summed E-state index contributed by atoms with van der Waals surface area (Å²) >= 11 is 6.34. The van der Waals surface area contributed by atoms with Gasteiger partial charge in [0.05, 0.1) is 18.7 Å². The second-order valence-corrected chi connectivity index (χ2v) is 6.66. The zero-order valence-corrected chi connectivity index (χ0v) is 16.4. The van der Waals surface area contributed by atoms with E-state index >= 15 is 0 Å². The quantitative estimate of drug-likeness (QED) is 0.701. The third-order valence-electron chi connectivity index (χ3n) is 4.71. The molecule has 0 spiro atoms. The molecule has 1 heterocycles. The number of methoxy groups -OCH3 is 1. The fraction of sp³-hybridized carbons (Fsp3) is 0.632. The summed E-state index contributed by atoms with van der Waals surface area (Å²) in [6.45, 7) is 10.4. The fourth-order valence-corrected chi connectivity index (χ4v) is 3.60. The second kappa shape index (κ2) is 9.30. The van der Waals surface area contributed by atoms with Crippen molar-refractivity contribution in [3.63, 3.8) is 0 Å². The molecule has 6 heteroatoms. The van der Waals surface area contributed by atoms with Crippen molar-refractivity contribution in [2.45, 2.75) is 39.7 Å². The van der Waals surface area contributed by atoms with Crippen LogP contribution in [-0.4, -0.2) is 61.6 Å². The fourth-order valence-electron chi connectivity index (χ4n) is 3.33. The molecule has 1 aromatic carbocycles. The molecule has 0 saturated carbocycles. The molecule has 1 aromatic rings. The van der Waals surface area contributed by atoms with Crippen molar-refractivity contribution in [1.82, 2.24) is 9.80 Å². The van der Waals surface area contributed by atoms with Crippen molar-refractivity contribution in [1.29, 1.82) is 0 Å². The molecule has 0 N–H and O–H groups in total. The highest BCUT2D eigenvalue weighted by Crippen LogP contribution is 2.37. The number of hydrogen-bond acceptors (Lipinski definition) is 4. The maximum absolute atomic E-state index is 12.9. The molecule has 0 bridgehead atoms. The minimum atomic E-state index is -0.00287. The summed E-state index contributed by atoms with van der Waals surface area (Å²) in [6, 6.07) is 3.84. The molecular weight excluding hydrogens is 340 g/mol. The Morgan fingerprint density at radius 1 is 1.32 bits per heavy atom. The highest BCUT2D eigenvalue weighted by Gasteiger charge is 2.30. The van der Waals surface area contributed by atoms with Crippen molar-refractivity contribution >= 4 is 17.5 Å². The molecule has 5 nitrogen and oxygen atoms in total.